The van der Waals surface area contributed by atoms with Crippen LogP contribution in [0.3, 0.4) is 0 Å². The van der Waals surface area contributed by atoms with E-state index in [0.29, 0.717) is 10.2 Å². The highest BCUT2D eigenvalue weighted by Gasteiger charge is 2.36. The van der Waals surface area contributed by atoms with Crippen molar-refractivity contribution in [2.24, 2.45) is 5.41 Å². The van der Waals surface area contributed by atoms with E-state index in [4.69, 9.17) is 0 Å². The quantitative estimate of drug-likeness (QED) is 0.845. The normalized spacial score (nSPS) is 28.2. The first-order chi connectivity index (χ1) is 8.55. The summed E-state index contributed by atoms with van der Waals surface area (Å²) in [4.78, 5) is 2.74. The summed E-state index contributed by atoms with van der Waals surface area (Å²) in [6, 6.07) is 0. The molecule has 1 saturated heterocycles. The van der Waals surface area contributed by atoms with Crippen molar-refractivity contribution in [1.29, 1.82) is 0 Å². The molecule has 3 heteroatoms. The highest BCUT2D eigenvalue weighted by molar-refractivity contribution is 8.00. The first-order valence-electron chi connectivity index (χ1n) is 7.56. The van der Waals surface area contributed by atoms with E-state index in [1.54, 1.807) is 0 Å². The van der Waals surface area contributed by atoms with Gasteiger partial charge in [0, 0.05) is 36.7 Å². The minimum absolute atomic E-state index is 0.452. The van der Waals surface area contributed by atoms with Crippen LogP contribution in [0, 0.1) is 5.41 Å². The van der Waals surface area contributed by atoms with Crippen molar-refractivity contribution in [3.63, 3.8) is 0 Å². The van der Waals surface area contributed by atoms with Crippen molar-refractivity contribution in [2.75, 3.05) is 39.0 Å². The van der Waals surface area contributed by atoms with Crippen LogP contribution >= 0.6 is 11.8 Å². The number of thioether (sulfide) groups is 1. The Bertz CT molecular complexity index is 254. The SMILES string of the molecule is CNCC1(CN2CCSC(C)(C)C2)CCCCC1. The third kappa shape index (κ3) is 3.88. The van der Waals surface area contributed by atoms with Gasteiger partial charge in [-0.1, -0.05) is 19.3 Å². The zero-order chi connectivity index (χ0) is 13.1. The summed E-state index contributed by atoms with van der Waals surface area (Å²) >= 11 is 2.14. The smallest absolute Gasteiger partial charge is 0.0231 e. The van der Waals surface area contributed by atoms with Crippen LogP contribution in [0.4, 0.5) is 0 Å². The molecule has 0 amide bonds. The Balaban J connectivity index is 1.95. The molecule has 0 aromatic carbocycles. The van der Waals surface area contributed by atoms with Crippen LogP contribution in [-0.4, -0.2) is 48.6 Å². The molecule has 2 aliphatic rings. The van der Waals surface area contributed by atoms with E-state index < -0.39 is 0 Å². The lowest BCUT2D eigenvalue weighted by Crippen LogP contribution is -2.50. The van der Waals surface area contributed by atoms with Gasteiger partial charge in [-0.2, -0.15) is 11.8 Å². The summed E-state index contributed by atoms with van der Waals surface area (Å²) < 4.78 is 0.452. The lowest BCUT2D eigenvalue weighted by molar-refractivity contribution is 0.101. The molecule has 0 spiro atoms. The minimum Gasteiger partial charge on any atom is -0.319 e. The largest absolute Gasteiger partial charge is 0.319 e. The van der Waals surface area contributed by atoms with Gasteiger partial charge in [0.05, 0.1) is 0 Å². The molecule has 0 radical (unpaired) electrons. The lowest BCUT2D eigenvalue weighted by atomic mass is 9.73. The molecular weight excluding hydrogens is 240 g/mol. The van der Waals surface area contributed by atoms with Crippen LogP contribution in [0.25, 0.3) is 0 Å². The first kappa shape index (κ1) is 14.7. The summed E-state index contributed by atoms with van der Waals surface area (Å²) in [5.41, 5.74) is 0.561. The lowest BCUT2D eigenvalue weighted by Gasteiger charge is -2.45. The van der Waals surface area contributed by atoms with E-state index in [0.717, 1.165) is 0 Å². The average molecular weight is 270 g/mol. The van der Waals surface area contributed by atoms with Gasteiger partial charge in [-0.3, -0.25) is 0 Å². The average Bonchev–Trinajstić information content (AvgIpc) is 2.29. The predicted octanol–water partition coefficient (Wildman–Crippen LogP) is 2.98. The van der Waals surface area contributed by atoms with E-state index in [-0.39, 0.29) is 0 Å². The second-order valence-electron chi connectivity index (χ2n) is 6.91. The molecule has 2 nitrogen and oxygen atoms in total. The molecule has 0 atom stereocenters. The fraction of sp³-hybridized carbons (Fsp3) is 1.00. The van der Waals surface area contributed by atoms with Crippen LogP contribution in [0.15, 0.2) is 0 Å². The zero-order valence-corrected chi connectivity index (χ0v) is 13.2. The van der Waals surface area contributed by atoms with Gasteiger partial charge < -0.3 is 10.2 Å². The van der Waals surface area contributed by atoms with Gasteiger partial charge >= 0.3 is 0 Å². The molecule has 2 fully saturated rings. The summed E-state index contributed by atoms with van der Waals surface area (Å²) in [6.07, 6.45) is 7.18. The van der Waals surface area contributed by atoms with Gasteiger partial charge in [0.15, 0.2) is 0 Å². The van der Waals surface area contributed by atoms with Crippen LogP contribution < -0.4 is 5.32 Å². The van der Waals surface area contributed by atoms with Gasteiger partial charge in [0.2, 0.25) is 0 Å². The van der Waals surface area contributed by atoms with Crippen LogP contribution in [0.5, 0.6) is 0 Å². The number of rotatable bonds is 4. The van der Waals surface area contributed by atoms with Gasteiger partial charge in [-0.25, -0.2) is 0 Å². The Kier molecular flexibility index (Phi) is 5.01. The van der Waals surface area contributed by atoms with E-state index >= 15 is 0 Å². The minimum atomic E-state index is 0.452. The fourth-order valence-corrected chi connectivity index (χ4v) is 4.97. The second-order valence-corrected chi connectivity index (χ2v) is 8.71. The Morgan fingerprint density at radius 3 is 2.50 bits per heavy atom. The molecule has 0 unspecified atom stereocenters. The monoisotopic (exact) mass is 270 g/mol. The topological polar surface area (TPSA) is 15.3 Å². The maximum Gasteiger partial charge on any atom is 0.0231 e. The number of hydrogen-bond acceptors (Lipinski definition) is 3. The molecule has 1 saturated carbocycles. The molecule has 18 heavy (non-hydrogen) atoms. The number of nitrogens with zero attached hydrogens (tertiary/aromatic N) is 1. The molecule has 1 aliphatic carbocycles. The highest BCUT2D eigenvalue weighted by Crippen LogP contribution is 2.38. The molecule has 2 rings (SSSR count). The maximum absolute atomic E-state index is 3.46. The van der Waals surface area contributed by atoms with Gasteiger partial charge in [-0.15, -0.1) is 0 Å². The predicted molar refractivity (Wildman–Crippen MR) is 82.4 cm³/mol. The van der Waals surface area contributed by atoms with Gasteiger partial charge in [0.25, 0.3) is 0 Å². The standard InChI is InChI=1S/C15H30N2S/c1-14(2)12-17(9-10-18-14)13-15(11-16-3)7-5-4-6-8-15/h16H,4-13H2,1-3H3. The van der Waals surface area contributed by atoms with E-state index in [9.17, 15) is 0 Å². The Morgan fingerprint density at radius 2 is 1.89 bits per heavy atom. The summed E-state index contributed by atoms with van der Waals surface area (Å²) in [6.45, 7) is 9.88. The molecule has 1 heterocycles. The molecule has 106 valence electrons. The van der Waals surface area contributed by atoms with Crippen LogP contribution in [-0.2, 0) is 0 Å². The van der Waals surface area contributed by atoms with Crippen molar-refractivity contribution in [3.05, 3.63) is 0 Å². The Hall–Kier alpha value is 0.270. The summed E-state index contributed by atoms with van der Waals surface area (Å²) in [7, 11) is 2.12. The van der Waals surface area contributed by atoms with Gasteiger partial charge in [0.1, 0.15) is 0 Å². The van der Waals surface area contributed by atoms with Crippen LogP contribution in [0.1, 0.15) is 46.0 Å². The van der Waals surface area contributed by atoms with Crippen molar-refractivity contribution >= 4 is 11.8 Å². The van der Waals surface area contributed by atoms with Crippen molar-refractivity contribution in [1.82, 2.24) is 10.2 Å². The maximum atomic E-state index is 3.46. The summed E-state index contributed by atoms with van der Waals surface area (Å²) in [5.74, 6) is 1.31. The Morgan fingerprint density at radius 1 is 1.17 bits per heavy atom. The summed E-state index contributed by atoms with van der Waals surface area (Å²) in [5, 5.41) is 3.46. The van der Waals surface area contributed by atoms with Crippen molar-refractivity contribution in [2.45, 2.75) is 50.7 Å². The molecule has 0 bridgehead atoms. The van der Waals surface area contributed by atoms with Crippen LogP contribution in [0.2, 0.25) is 0 Å². The molecule has 0 aromatic heterocycles. The van der Waals surface area contributed by atoms with Gasteiger partial charge in [-0.05, 0) is 39.2 Å². The molecular formula is C15H30N2S. The van der Waals surface area contributed by atoms with E-state index in [2.05, 4.69) is 42.9 Å². The zero-order valence-electron chi connectivity index (χ0n) is 12.4. The first-order valence-corrected chi connectivity index (χ1v) is 8.55. The fourth-order valence-electron chi connectivity index (χ4n) is 3.79. The van der Waals surface area contributed by atoms with E-state index in [1.165, 1.54) is 64.0 Å². The van der Waals surface area contributed by atoms with E-state index in [1.807, 2.05) is 0 Å². The third-order valence-electron chi connectivity index (χ3n) is 4.53. The number of nitrogens with one attached hydrogen (secondary N) is 1. The molecule has 0 aromatic rings. The Labute approximate surface area is 117 Å². The molecule has 1 aliphatic heterocycles. The second kappa shape index (κ2) is 6.15. The van der Waals surface area contributed by atoms with Crippen molar-refractivity contribution < 1.29 is 0 Å². The van der Waals surface area contributed by atoms with Crippen molar-refractivity contribution in [3.8, 4) is 0 Å². The number of hydrogen-bond donors (Lipinski definition) is 1. The highest BCUT2D eigenvalue weighted by atomic mass is 32.2. The third-order valence-corrected chi connectivity index (χ3v) is 5.83. The molecule has 1 N–H and O–H groups in total.